The van der Waals surface area contributed by atoms with Crippen molar-refractivity contribution in [1.29, 1.82) is 0 Å². The number of amides is 2. The zero-order valence-corrected chi connectivity index (χ0v) is 15.4. The molecule has 0 fully saturated rings. The highest BCUT2D eigenvalue weighted by molar-refractivity contribution is 7.10. The van der Waals surface area contributed by atoms with Crippen molar-refractivity contribution in [3.8, 4) is 0 Å². The molecule has 3 rings (SSSR count). The highest BCUT2D eigenvalue weighted by Gasteiger charge is 2.24. The molecular weight excluding hydrogens is 350 g/mol. The number of esters is 1. The maximum Gasteiger partial charge on any atom is 0.339 e. The van der Waals surface area contributed by atoms with Gasteiger partial charge in [0.1, 0.15) is 0 Å². The van der Waals surface area contributed by atoms with Crippen LogP contribution in [0.1, 0.15) is 39.7 Å². The number of hydrogen-bond donors (Lipinski definition) is 1. The summed E-state index contributed by atoms with van der Waals surface area (Å²) in [5.41, 5.74) is 2.42. The first-order chi connectivity index (χ1) is 12.5. The van der Waals surface area contributed by atoms with E-state index < -0.39 is 24.4 Å². The Labute approximate surface area is 156 Å². The maximum atomic E-state index is 12.3. The van der Waals surface area contributed by atoms with Gasteiger partial charge < -0.3 is 4.74 Å². The van der Waals surface area contributed by atoms with Gasteiger partial charge in [0, 0.05) is 10.3 Å². The summed E-state index contributed by atoms with van der Waals surface area (Å²) < 4.78 is 5.10. The number of carbonyl (C=O) groups is 3. The first kappa shape index (κ1) is 18.3. The van der Waals surface area contributed by atoms with Crippen LogP contribution in [0.15, 0.2) is 35.7 Å². The minimum Gasteiger partial charge on any atom is -0.452 e. The molecule has 0 saturated heterocycles. The highest BCUT2D eigenvalue weighted by Crippen LogP contribution is 2.33. The Morgan fingerprint density at radius 2 is 1.96 bits per heavy atom. The number of benzene rings is 1. The smallest absolute Gasteiger partial charge is 0.339 e. The fraction of sp³-hybridized carbons (Fsp3) is 0.350. The minimum atomic E-state index is -0.614. The number of carbonyl (C=O) groups excluding carboxylic acids is 3. The second-order valence-corrected chi connectivity index (χ2v) is 7.57. The number of nitrogens with one attached hydrogen (secondary N) is 1. The molecule has 0 aliphatic heterocycles. The van der Waals surface area contributed by atoms with Crippen LogP contribution in [0, 0.1) is 5.92 Å². The molecule has 0 bridgehead atoms. The predicted octanol–water partition coefficient (Wildman–Crippen LogP) is 2.92. The largest absolute Gasteiger partial charge is 0.452 e. The molecule has 6 heteroatoms. The minimum absolute atomic E-state index is 0.108. The Morgan fingerprint density at radius 1 is 1.19 bits per heavy atom. The van der Waals surface area contributed by atoms with E-state index in [-0.39, 0.29) is 6.42 Å². The van der Waals surface area contributed by atoms with Crippen LogP contribution in [0.5, 0.6) is 0 Å². The van der Waals surface area contributed by atoms with E-state index in [1.807, 2.05) is 35.7 Å². The van der Waals surface area contributed by atoms with Crippen molar-refractivity contribution in [3.63, 3.8) is 0 Å². The normalized spacial score (nSPS) is 15.8. The van der Waals surface area contributed by atoms with Gasteiger partial charge in [-0.3, -0.25) is 14.9 Å². The van der Waals surface area contributed by atoms with E-state index in [9.17, 15) is 14.4 Å². The fourth-order valence-corrected chi connectivity index (χ4v) is 4.31. The van der Waals surface area contributed by atoms with Gasteiger partial charge in [0.05, 0.1) is 12.0 Å². The van der Waals surface area contributed by atoms with Gasteiger partial charge in [-0.05, 0) is 36.3 Å². The van der Waals surface area contributed by atoms with Gasteiger partial charge in [0.2, 0.25) is 5.91 Å². The second kappa shape index (κ2) is 8.27. The van der Waals surface area contributed by atoms with Crippen LogP contribution in [0.3, 0.4) is 0 Å². The number of fused-ring (bicyclic) bond motifs is 1. The summed E-state index contributed by atoms with van der Waals surface area (Å²) in [5, 5.41) is 4.05. The number of ether oxygens (including phenoxy) is 1. The predicted molar refractivity (Wildman–Crippen MR) is 99.1 cm³/mol. The molecule has 1 aromatic carbocycles. The van der Waals surface area contributed by atoms with E-state index in [1.165, 1.54) is 4.88 Å². The third-order valence-electron chi connectivity index (χ3n) is 4.44. The van der Waals surface area contributed by atoms with Crippen LogP contribution >= 0.6 is 11.3 Å². The second-order valence-electron chi connectivity index (χ2n) is 6.61. The van der Waals surface area contributed by atoms with Gasteiger partial charge in [-0.1, -0.05) is 37.3 Å². The van der Waals surface area contributed by atoms with Crippen molar-refractivity contribution in [2.45, 2.75) is 32.6 Å². The first-order valence-corrected chi connectivity index (χ1v) is 9.54. The zero-order valence-electron chi connectivity index (χ0n) is 14.6. The molecule has 2 amide bonds. The van der Waals surface area contributed by atoms with Crippen LogP contribution < -0.4 is 5.32 Å². The van der Waals surface area contributed by atoms with E-state index in [0.717, 1.165) is 30.4 Å². The Morgan fingerprint density at radius 3 is 2.73 bits per heavy atom. The SMILES string of the molecule is CC1CCc2c(C(=O)OCC(=O)NC(=O)Cc3ccccc3)csc2C1. The van der Waals surface area contributed by atoms with Crippen molar-refractivity contribution in [2.75, 3.05) is 6.61 Å². The molecule has 136 valence electrons. The van der Waals surface area contributed by atoms with E-state index in [4.69, 9.17) is 4.74 Å². The fourth-order valence-electron chi connectivity index (χ4n) is 3.07. The van der Waals surface area contributed by atoms with Gasteiger partial charge in [0.25, 0.3) is 5.91 Å². The monoisotopic (exact) mass is 371 g/mol. The molecule has 1 heterocycles. The topological polar surface area (TPSA) is 72.5 Å². The lowest BCUT2D eigenvalue weighted by molar-refractivity contribution is -0.132. The van der Waals surface area contributed by atoms with Crippen molar-refractivity contribution in [1.82, 2.24) is 5.32 Å². The van der Waals surface area contributed by atoms with Crippen LogP contribution in [0.4, 0.5) is 0 Å². The highest BCUT2D eigenvalue weighted by atomic mass is 32.1. The van der Waals surface area contributed by atoms with E-state index in [2.05, 4.69) is 12.2 Å². The van der Waals surface area contributed by atoms with Gasteiger partial charge in [-0.25, -0.2) is 4.79 Å². The molecular formula is C20H21NO4S. The Kier molecular flexibility index (Phi) is 5.83. The average Bonchev–Trinajstić information content (AvgIpc) is 3.03. The number of imide groups is 1. The molecule has 0 saturated carbocycles. The zero-order chi connectivity index (χ0) is 18.5. The summed E-state index contributed by atoms with van der Waals surface area (Å²) in [6, 6.07) is 9.13. The van der Waals surface area contributed by atoms with Crippen molar-refractivity contribution in [3.05, 3.63) is 57.3 Å². The third-order valence-corrected chi connectivity index (χ3v) is 5.49. The van der Waals surface area contributed by atoms with Crippen molar-refractivity contribution in [2.24, 2.45) is 5.92 Å². The summed E-state index contributed by atoms with van der Waals surface area (Å²) in [6.07, 6.45) is 3.02. The lowest BCUT2D eigenvalue weighted by Gasteiger charge is -2.18. The lowest BCUT2D eigenvalue weighted by Crippen LogP contribution is -2.35. The molecule has 1 unspecified atom stereocenters. The molecule has 0 radical (unpaired) electrons. The van der Waals surface area contributed by atoms with Gasteiger partial charge in [-0.15, -0.1) is 11.3 Å². The number of thiophene rings is 1. The molecule has 5 nitrogen and oxygen atoms in total. The van der Waals surface area contributed by atoms with Crippen LogP contribution in [-0.2, 0) is 33.6 Å². The third kappa shape index (κ3) is 4.58. The Hall–Kier alpha value is -2.47. The number of hydrogen-bond acceptors (Lipinski definition) is 5. The van der Waals surface area contributed by atoms with Crippen molar-refractivity contribution >= 4 is 29.1 Å². The molecule has 26 heavy (non-hydrogen) atoms. The molecule has 1 aromatic heterocycles. The summed E-state index contributed by atoms with van der Waals surface area (Å²) in [6.45, 7) is 1.75. The van der Waals surface area contributed by atoms with Crippen LogP contribution in [0.25, 0.3) is 0 Å². The summed E-state index contributed by atoms with van der Waals surface area (Å²) in [5.74, 6) is -0.898. The van der Waals surface area contributed by atoms with Gasteiger partial charge in [0.15, 0.2) is 6.61 Å². The van der Waals surface area contributed by atoms with Crippen molar-refractivity contribution < 1.29 is 19.1 Å². The molecule has 1 aliphatic carbocycles. The van der Waals surface area contributed by atoms with Gasteiger partial charge in [-0.2, -0.15) is 0 Å². The number of rotatable bonds is 5. The molecule has 1 N–H and O–H groups in total. The summed E-state index contributed by atoms with van der Waals surface area (Å²) in [4.78, 5) is 37.2. The van der Waals surface area contributed by atoms with Crippen LogP contribution in [0.2, 0.25) is 0 Å². The first-order valence-electron chi connectivity index (χ1n) is 8.66. The average molecular weight is 371 g/mol. The molecule has 1 aliphatic rings. The molecule has 0 spiro atoms. The summed E-state index contributed by atoms with van der Waals surface area (Å²) in [7, 11) is 0. The Bertz CT molecular complexity index is 812. The van der Waals surface area contributed by atoms with E-state index in [1.54, 1.807) is 11.3 Å². The summed E-state index contributed by atoms with van der Waals surface area (Å²) >= 11 is 1.57. The maximum absolute atomic E-state index is 12.3. The quantitative estimate of drug-likeness (QED) is 0.821. The molecule has 2 aromatic rings. The van der Waals surface area contributed by atoms with Gasteiger partial charge >= 0.3 is 5.97 Å². The Balaban J connectivity index is 1.49. The lowest BCUT2D eigenvalue weighted by atomic mass is 9.88. The standard InChI is InChI=1S/C20H21NO4S/c1-13-7-8-15-16(12-26-17(15)9-13)20(24)25-11-19(23)21-18(22)10-14-5-3-2-4-6-14/h2-6,12-13H,7-11H2,1H3,(H,21,22,23). The van der Waals surface area contributed by atoms with E-state index in [0.29, 0.717) is 11.5 Å². The molecule has 1 atom stereocenters. The van der Waals surface area contributed by atoms with E-state index >= 15 is 0 Å². The van der Waals surface area contributed by atoms with Crippen LogP contribution in [-0.4, -0.2) is 24.4 Å².